The van der Waals surface area contributed by atoms with Crippen molar-refractivity contribution in [3.8, 4) is 17.1 Å². The van der Waals surface area contributed by atoms with E-state index in [1.807, 2.05) is 49.4 Å². The zero-order chi connectivity index (χ0) is 17.4. The Morgan fingerprint density at radius 3 is 2.60 bits per heavy atom. The van der Waals surface area contributed by atoms with E-state index >= 15 is 0 Å². The number of H-pyrrole nitrogens is 1. The number of hydrogen-bond acceptors (Lipinski definition) is 4. The number of para-hydroxylation sites is 1. The number of nitrogens with one attached hydrogen (secondary N) is 2. The molecule has 0 fully saturated rings. The lowest BCUT2D eigenvalue weighted by atomic mass is 10.1. The molecule has 124 valence electrons. The molecule has 0 atom stereocenters. The highest BCUT2D eigenvalue weighted by Gasteiger charge is 2.20. The minimum Gasteiger partial charge on any atom is -0.387 e. The van der Waals surface area contributed by atoms with Crippen molar-refractivity contribution in [3.63, 3.8) is 0 Å². The highest BCUT2D eigenvalue weighted by atomic mass is 16.1. The summed E-state index contributed by atoms with van der Waals surface area (Å²) in [5.41, 5.74) is 3.28. The number of pyridine rings is 2. The van der Waals surface area contributed by atoms with Crippen molar-refractivity contribution in [1.82, 2.24) is 19.5 Å². The van der Waals surface area contributed by atoms with E-state index < -0.39 is 0 Å². The van der Waals surface area contributed by atoms with Crippen molar-refractivity contribution in [2.75, 3.05) is 12.4 Å². The molecule has 6 nitrogen and oxygen atoms in total. The summed E-state index contributed by atoms with van der Waals surface area (Å²) < 4.78 is 1.64. The lowest BCUT2D eigenvalue weighted by molar-refractivity contribution is 1.00. The molecule has 0 bridgehead atoms. The van der Waals surface area contributed by atoms with Crippen LogP contribution in [0.15, 0.2) is 59.7 Å². The van der Waals surface area contributed by atoms with E-state index in [4.69, 9.17) is 0 Å². The smallest absolute Gasteiger partial charge is 0.269 e. The standard InChI is InChI=1S/C19H17N5O/c1-12-8-9-14-16(20-2)15(17-21-10-11-22-17)19(25)24(18(14)23-12)13-6-4-3-5-7-13/h3-11,20H,1-2H3,(H,21,22). The summed E-state index contributed by atoms with van der Waals surface area (Å²) in [6.07, 6.45) is 3.34. The molecule has 0 aliphatic heterocycles. The van der Waals surface area contributed by atoms with Gasteiger partial charge in [-0.05, 0) is 31.2 Å². The second-order valence-corrected chi connectivity index (χ2v) is 5.74. The number of aromatic amines is 1. The molecule has 0 aliphatic carbocycles. The Kier molecular flexibility index (Phi) is 3.57. The van der Waals surface area contributed by atoms with Gasteiger partial charge in [0.05, 0.1) is 11.4 Å². The second-order valence-electron chi connectivity index (χ2n) is 5.74. The van der Waals surface area contributed by atoms with Gasteiger partial charge in [-0.1, -0.05) is 18.2 Å². The summed E-state index contributed by atoms with van der Waals surface area (Å²) >= 11 is 0. The van der Waals surface area contributed by atoms with Gasteiger partial charge >= 0.3 is 0 Å². The molecule has 4 rings (SSSR count). The summed E-state index contributed by atoms with van der Waals surface area (Å²) in [6, 6.07) is 13.4. The molecule has 1 aromatic carbocycles. The molecular weight excluding hydrogens is 314 g/mol. The number of benzene rings is 1. The van der Waals surface area contributed by atoms with E-state index in [1.165, 1.54) is 0 Å². The first-order chi connectivity index (χ1) is 12.2. The van der Waals surface area contributed by atoms with Crippen LogP contribution >= 0.6 is 0 Å². The average Bonchev–Trinajstić information content (AvgIpc) is 3.15. The second kappa shape index (κ2) is 5.90. The number of hydrogen-bond donors (Lipinski definition) is 2. The van der Waals surface area contributed by atoms with Crippen LogP contribution in [0.5, 0.6) is 0 Å². The molecule has 0 unspecified atom stereocenters. The number of nitrogens with zero attached hydrogens (tertiary/aromatic N) is 3. The van der Waals surface area contributed by atoms with Crippen LogP contribution in [-0.2, 0) is 0 Å². The monoisotopic (exact) mass is 331 g/mol. The average molecular weight is 331 g/mol. The molecule has 3 heterocycles. The number of imidazole rings is 1. The van der Waals surface area contributed by atoms with Gasteiger partial charge in [-0.15, -0.1) is 0 Å². The Balaban J connectivity index is 2.22. The molecule has 0 amide bonds. The molecular formula is C19H17N5O. The zero-order valence-electron chi connectivity index (χ0n) is 13.9. The van der Waals surface area contributed by atoms with Crippen molar-refractivity contribution in [2.45, 2.75) is 6.92 Å². The molecule has 0 radical (unpaired) electrons. The van der Waals surface area contributed by atoms with Crippen LogP contribution in [0.3, 0.4) is 0 Å². The van der Waals surface area contributed by atoms with Gasteiger partial charge in [0.2, 0.25) is 0 Å². The number of anilines is 1. The molecule has 0 saturated carbocycles. The van der Waals surface area contributed by atoms with E-state index in [0.29, 0.717) is 17.0 Å². The molecule has 0 spiro atoms. The third-order valence-electron chi connectivity index (χ3n) is 4.16. The Labute approximate surface area is 144 Å². The minimum atomic E-state index is -0.170. The van der Waals surface area contributed by atoms with Gasteiger partial charge in [-0.2, -0.15) is 0 Å². The first-order valence-corrected chi connectivity index (χ1v) is 8.00. The van der Waals surface area contributed by atoms with Gasteiger partial charge in [-0.3, -0.25) is 9.36 Å². The molecule has 4 aromatic rings. The van der Waals surface area contributed by atoms with E-state index in [1.54, 1.807) is 24.0 Å². The SMILES string of the molecule is CNc1c(-c2ncc[nH]2)c(=O)n(-c2ccccc2)c2nc(C)ccc12. The fourth-order valence-corrected chi connectivity index (χ4v) is 3.06. The number of aromatic nitrogens is 4. The normalized spacial score (nSPS) is 11.0. The highest BCUT2D eigenvalue weighted by Crippen LogP contribution is 2.30. The first kappa shape index (κ1) is 15.1. The maximum absolute atomic E-state index is 13.4. The summed E-state index contributed by atoms with van der Waals surface area (Å²) in [7, 11) is 1.80. The lowest BCUT2D eigenvalue weighted by Crippen LogP contribution is -2.23. The van der Waals surface area contributed by atoms with Gasteiger partial charge in [-0.25, -0.2) is 9.97 Å². The predicted octanol–water partition coefficient (Wildman–Crippen LogP) is 3.13. The van der Waals surface area contributed by atoms with Crippen LogP contribution in [0.25, 0.3) is 28.1 Å². The summed E-state index contributed by atoms with van der Waals surface area (Å²) in [6.45, 7) is 1.92. The quantitative estimate of drug-likeness (QED) is 0.605. The van der Waals surface area contributed by atoms with Crippen LogP contribution < -0.4 is 10.9 Å². The van der Waals surface area contributed by atoms with Crippen molar-refractivity contribution < 1.29 is 0 Å². The van der Waals surface area contributed by atoms with E-state index in [2.05, 4.69) is 20.3 Å². The molecule has 2 N–H and O–H groups in total. The number of fused-ring (bicyclic) bond motifs is 1. The van der Waals surface area contributed by atoms with Crippen molar-refractivity contribution in [1.29, 1.82) is 0 Å². The molecule has 6 heteroatoms. The topological polar surface area (TPSA) is 75.6 Å². The van der Waals surface area contributed by atoms with E-state index in [9.17, 15) is 4.79 Å². The Hall–Kier alpha value is -3.41. The van der Waals surface area contributed by atoms with Crippen LogP contribution in [-0.4, -0.2) is 26.6 Å². The van der Waals surface area contributed by atoms with E-state index in [0.717, 1.165) is 22.5 Å². The number of rotatable bonds is 3. The zero-order valence-corrected chi connectivity index (χ0v) is 13.9. The third-order valence-corrected chi connectivity index (χ3v) is 4.16. The van der Waals surface area contributed by atoms with Crippen molar-refractivity contribution in [2.24, 2.45) is 0 Å². The fourth-order valence-electron chi connectivity index (χ4n) is 3.06. The third kappa shape index (κ3) is 2.39. The lowest BCUT2D eigenvalue weighted by Gasteiger charge is -2.16. The van der Waals surface area contributed by atoms with Gasteiger partial charge in [0.1, 0.15) is 17.0 Å². The fraction of sp³-hybridized carbons (Fsp3) is 0.105. The summed E-state index contributed by atoms with van der Waals surface area (Å²) in [5.74, 6) is 0.529. The van der Waals surface area contributed by atoms with Crippen molar-refractivity contribution in [3.05, 3.63) is 70.9 Å². The molecule has 0 aliphatic rings. The minimum absolute atomic E-state index is 0.170. The van der Waals surface area contributed by atoms with Gasteiger partial charge < -0.3 is 10.3 Å². The van der Waals surface area contributed by atoms with E-state index in [-0.39, 0.29) is 5.56 Å². The Bertz CT molecular complexity index is 1100. The first-order valence-electron chi connectivity index (χ1n) is 8.00. The Morgan fingerprint density at radius 1 is 1.12 bits per heavy atom. The van der Waals surface area contributed by atoms with Gasteiger partial charge in [0.15, 0.2) is 0 Å². The van der Waals surface area contributed by atoms with Gasteiger partial charge in [0, 0.05) is 30.5 Å². The van der Waals surface area contributed by atoms with Gasteiger partial charge in [0.25, 0.3) is 5.56 Å². The molecule has 0 saturated heterocycles. The predicted molar refractivity (Wildman–Crippen MR) is 99.2 cm³/mol. The van der Waals surface area contributed by atoms with Crippen molar-refractivity contribution >= 4 is 16.7 Å². The number of aryl methyl sites for hydroxylation is 1. The maximum atomic E-state index is 13.4. The van der Waals surface area contributed by atoms with Crippen LogP contribution in [0.4, 0.5) is 5.69 Å². The maximum Gasteiger partial charge on any atom is 0.269 e. The highest BCUT2D eigenvalue weighted by molar-refractivity contribution is 5.97. The summed E-state index contributed by atoms with van der Waals surface area (Å²) in [4.78, 5) is 25.4. The largest absolute Gasteiger partial charge is 0.387 e. The van der Waals surface area contributed by atoms with Crippen LogP contribution in [0, 0.1) is 6.92 Å². The summed E-state index contributed by atoms with van der Waals surface area (Å²) in [5, 5.41) is 4.02. The molecule has 25 heavy (non-hydrogen) atoms. The Morgan fingerprint density at radius 2 is 1.92 bits per heavy atom. The van der Waals surface area contributed by atoms with Crippen LogP contribution in [0.1, 0.15) is 5.69 Å². The van der Waals surface area contributed by atoms with Crippen LogP contribution in [0.2, 0.25) is 0 Å². The molecule has 3 aromatic heterocycles.